The van der Waals surface area contributed by atoms with Gasteiger partial charge in [0.25, 0.3) is 0 Å². The standard InChI is InChI=1S/C21H27BN2O3/c1-14-10-11-18(15(2)12-14)24-19(25)23-17-9-7-8-16(13-17)22-26-20(3,4)21(5,6)27-22/h7-13H,1-6H3,(H2,23,24,25). The molecule has 0 saturated carbocycles. The Labute approximate surface area is 161 Å². The molecule has 0 aliphatic carbocycles. The van der Waals surface area contributed by atoms with E-state index in [0.29, 0.717) is 5.69 Å². The molecule has 142 valence electrons. The van der Waals surface area contributed by atoms with Crippen LogP contribution in [-0.4, -0.2) is 24.4 Å². The fourth-order valence-electron chi connectivity index (χ4n) is 2.98. The van der Waals surface area contributed by atoms with E-state index >= 15 is 0 Å². The van der Waals surface area contributed by atoms with Crippen LogP contribution in [-0.2, 0) is 9.31 Å². The quantitative estimate of drug-likeness (QED) is 0.799. The van der Waals surface area contributed by atoms with Crippen molar-refractivity contribution in [2.45, 2.75) is 52.7 Å². The molecule has 1 aliphatic rings. The highest BCUT2D eigenvalue weighted by atomic mass is 16.7. The van der Waals surface area contributed by atoms with Crippen molar-refractivity contribution in [3.05, 3.63) is 53.6 Å². The van der Waals surface area contributed by atoms with Gasteiger partial charge in [0.2, 0.25) is 0 Å². The van der Waals surface area contributed by atoms with Gasteiger partial charge in [-0.15, -0.1) is 0 Å². The Hall–Kier alpha value is -2.31. The summed E-state index contributed by atoms with van der Waals surface area (Å²) in [7, 11) is -0.459. The van der Waals surface area contributed by atoms with Crippen molar-refractivity contribution in [2.75, 3.05) is 10.6 Å². The molecule has 0 atom stereocenters. The van der Waals surface area contributed by atoms with E-state index in [1.165, 1.54) is 0 Å². The third-order valence-corrected chi connectivity index (χ3v) is 5.30. The van der Waals surface area contributed by atoms with Crippen molar-refractivity contribution in [3.63, 3.8) is 0 Å². The molecule has 1 saturated heterocycles. The van der Waals surface area contributed by atoms with Crippen molar-refractivity contribution in [3.8, 4) is 0 Å². The Bertz CT molecular complexity index is 848. The van der Waals surface area contributed by atoms with Gasteiger partial charge < -0.3 is 19.9 Å². The first kappa shape index (κ1) is 19.5. The molecule has 1 aliphatic heterocycles. The number of anilines is 2. The van der Waals surface area contributed by atoms with Gasteiger partial charge in [0.1, 0.15) is 0 Å². The van der Waals surface area contributed by atoms with E-state index in [0.717, 1.165) is 22.3 Å². The number of rotatable bonds is 3. The summed E-state index contributed by atoms with van der Waals surface area (Å²) in [4.78, 5) is 12.4. The summed E-state index contributed by atoms with van der Waals surface area (Å²) in [5.74, 6) is 0. The molecule has 5 nitrogen and oxygen atoms in total. The van der Waals surface area contributed by atoms with Crippen LogP contribution in [0.3, 0.4) is 0 Å². The lowest BCUT2D eigenvalue weighted by molar-refractivity contribution is 0.00578. The second-order valence-electron chi connectivity index (χ2n) is 8.11. The van der Waals surface area contributed by atoms with Gasteiger partial charge in [0.15, 0.2) is 0 Å². The van der Waals surface area contributed by atoms with E-state index in [1.54, 1.807) is 0 Å². The molecule has 0 unspecified atom stereocenters. The SMILES string of the molecule is Cc1ccc(NC(=O)Nc2cccc(B3OC(C)(C)C(C)(C)O3)c2)c(C)c1. The fourth-order valence-corrected chi connectivity index (χ4v) is 2.98. The first-order chi connectivity index (χ1) is 12.6. The Morgan fingerprint density at radius 1 is 0.926 bits per heavy atom. The number of carbonyl (C=O) groups excluding carboxylic acids is 1. The van der Waals surface area contributed by atoms with E-state index in [1.807, 2.05) is 84.0 Å². The zero-order chi connectivity index (χ0) is 19.8. The molecule has 1 fully saturated rings. The number of amides is 2. The van der Waals surface area contributed by atoms with Gasteiger partial charge in [-0.05, 0) is 70.8 Å². The van der Waals surface area contributed by atoms with Crippen molar-refractivity contribution in [2.24, 2.45) is 0 Å². The van der Waals surface area contributed by atoms with Gasteiger partial charge in [-0.2, -0.15) is 0 Å². The number of urea groups is 1. The van der Waals surface area contributed by atoms with Gasteiger partial charge >= 0.3 is 13.1 Å². The minimum atomic E-state index is -0.459. The Kier molecular flexibility index (Phi) is 5.06. The van der Waals surface area contributed by atoms with Crippen LogP contribution in [0.1, 0.15) is 38.8 Å². The van der Waals surface area contributed by atoms with Crippen LogP contribution >= 0.6 is 0 Å². The molecule has 0 bridgehead atoms. The molecule has 27 heavy (non-hydrogen) atoms. The average Bonchev–Trinajstić information content (AvgIpc) is 2.78. The van der Waals surface area contributed by atoms with Gasteiger partial charge in [-0.25, -0.2) is 4.79 Å². The van der Waals surface area contributed by atoms with Crippen molar-refractivity contribution < 1.29 is 14.1 Å². The molecular formula is C21H27BN2O3. The maximum atomic E-state index is 12.4. The minimum Gasteiger partial charge on any atom is -0.399 e. The predicted molar refractivity (Wildman–Crippen MR) is 111 cm³/mol. The lowest BCUT2D eigenvalue weighted by Crippen LogP contribution is -2.41. The first-order valence-electron chi connectivity index (χ1n) is 9.18. The highest BCUT2D eigenvalue weighted by Gasteiger charge is 2.51. The minimum absolute atomic E-state index is 0.284. The zero-order valence-electron chi connectivity index (χ0n) is 16.8. The number of carbonyl (C=O) groups is 1. The molecule has 0 spiro atoms. The Balaban J connectivity index is 1.70. The molecule has 3 rings (SSSR count). The molecule has 6 heteroatoms. The maximum absolute atomic E-state index is 12.4. The van der Waals surface area contributed by atoms with Crippen LogP contribution in [0.5, 0.6) is 0 Å². The van der Waals surface area contributed by atoms with Gasteiger partial charge in [0, 0.05) is 11.4 Å². The van der Waals surface area contributed by atoms with E-state index in [9.17, 15) is 4.79 Å². The topological polar surface area (TPSA) is 59.6 Å². The highest BCUT2D eigenvalue weighted by Crippen LogP contribution is 2.36. The van der Waals surface area contributed by atoms with Gasteiger partial charge in [-0.3, -0.25) is 0 Å². The lowest BCUT2D eigenvalue weighted by atomic mass is 9.79. The van der Waals surface area contributed by atoms with Crippen molar-refractivity contribution >= 4 is 30.0 Å². The number of aryl methyl sites for hydroxylation is 2. The predicted octanol–water partition coefficient (Wildman–Crippen LogP) is 4.25. The van der Waals surface area contributed by atoms with Crippen LogP contribution in [0.15, 0.2) is 42.5 Å². The first-order valence-corrected chi connectivity index (χ1v) is 9.18. The molecule has 2 aromatic carbocycles. The van der Waals surface area contributed by atoms with E-state index in [2.05, 4.69) is 10.6 Å². The third kappa shape index (κ3) is 4.17. The zero-order valence-corrected chi connectivity index (χ0v) is 16.8. The van der Waals surface area contributed by atoms with Gasteiger partial charge in [0.05, 0.1) is 11.2 Å². The normalized spacial score (nSPS) is 17.6. The van der Waals surface area contributed by atoms with Crippen molar-refractivity contribution in [1.29, 1.82) is 0 Å². The largest absolute Gasteiger partial charge is 0.494 e. The molecule has 1 heterocycles. The molecule has 2 aromatic rings. The molecule has 2 N–H and O–H groups in total. The number of nitrogens with one attached hydrogen (secondary N) is 2. The number of hydrogen-bond acceptors (Lipinski definition) is 3. The smallest absolute Gasteiger partial charge is 0.399 e. The highest BCUT2D eigenvalue weighted by molar-refractivity contribution is 6.62. The summed E-state index contributed by atoms with van der Waals surface area (Å²) in [5.41, 5.74) is 3.73. The Morgan fingerprint density at radius 3 is 2.22 bits per heavy atom. The van der Waals surface area contributed by atoms with Crippen LogP contribution in [0, 0.1) is 13.8 Å². The summed E-state index contributed by atoms with van der Waals surface area (Å²) >= 11 is 0. The second kappa shape index (κ2) is 7.02. The van der Waals surface area contributed by atoms with E-state index < -0.39 is 18.3 Å². The van der Waals surface area contributed by atoms with E-state index in [4.69, 9.17) is 9.31 Å². The summed E-state index contributed by atoms with van der Waals surface area (Å²) in [5, 5.41) is 5.76. The van der Waals surface area contributed by atoms with Gasteiger partial charge in [-0.1, -0.05) is 29.8 Å². The summed E-state index contributed by atoms with van der Waals surface area (Å²) in [6, 6.07) is 13.2. The monoisotopic (exact) mass is 366 g/mol. The average molecular weight is 366 g/mol. The third-order valence-electron chi connectivity index (χ3n) is 5.30. The van der Waals surface area contributed by atoms with Crippen LogP contribution in [0.4, 0.5) is 16.2 Å². The Morgan fingerprint density at radius 2 is 1.59 bits per heavy atom. The number of benzene rings is 2. The fraction of sp³-hybridized carbons (Fsp3) is 0.381. The number of hydrogen-bond donors (Lipinski definition) is 2. The van der Waals surface area contributed by atoms with E-state index in [-0.39, 0.29) is 6.03 Å². The van der Waals surface area contributed by atoms with Crippen molar-refractivity contribution in [1.82, 2.24) is 0 Å². The molecular weight excluding hydrogens is 339 g/mol. The summed E-state index contributed by atoms with van der Waals surface area (Å²) < 4.78 is 12.2. The molecule has 2 amide bonds. The summed E-state index contributed by atoms with van der Waals surface area (Å²) in [6.07, 6.45) is 0. The molecule has 0 aromatic heterocycles. The lowest BCUT2D eigenvalue weighted by Gasteiger charge is -2.32. The summed E-state index contributed by atoms with van der Waals surface area (Å²) in [6.45, 7) is 12.1. The molecule has 0 radical (unpaired) electrons. The van der Waals surface area contributed by atoms with Crippen LogP contribution in [0.25, 0.3) is 0 Å². The van der Waals surface area contributed by atoms with Crippen LogP contribution < -0.4 is 16.1 Å². The second-order valence-corrected chi connectivity index (χ2v) is 8.11. The van der Waals surface area contributed by atoms with Crippen LogP contribution in [0.2, 0.25) is 0 Å². The maximum Gasteiger partial charge on any atom is 0.494 e.